The van der Waals surface area contributed by atoms with Gasteiger partial charge in [0.05, 0.1) is 23.4 Å². The molecule has 8 heteroatoms. The third kappa shape index (κ3) is 3.10. The molecular formula is C20H19N5O2S. The van der Waals surface area contributed by atoms with Crippen molar-refractivity contribution in [3.63, 3.8) is 0 Å². The third-order valence-electron chi connectivity index (χ3n) is 4.85. The zero-order valence-electron chi connectivity index (χ0n) is 15.4. The van der Waals surface area contributed by atoms with Gasteiger partial charge in [-0.15, -0.1) is 0 Å². The van der Waals surface area contributed by atoms with E-state index in [1.807, 2.05) is 47.7 Å². The largest absolute Gasteiger partial charge is 0.378 e. The predicted octanol–water partition coefficient (Wildman–Crippen LogP) is 3.34. The van der Waals surface area contributed by atoms with Crippen LogP contribution in [0.25, 0.3) is 15.9 Å². The first-order valence-corrected chi connectivity index (χ1v) is 9.98. The summed E-state index contributed by atoms with van der Waals surface area (Å²) in [6.45, 7) is 5.17. The fraction of sp³-hybridized carbons (Fsp3) is 0.250. The summed E-state index contributed by atoms with van der Waals surface area (Å²) in [7, 11) is 0. The number of thiazole rings is 1. The van der Waals surface area contributed by atoms with Crippen LogP contribution < -0.4 is 10.2 Å². The third-order valence-corrected chi connectivity index (χ3v) is 5.92. The summed E-state index contributed by atoms with van der Waals surface area (Å²) in [5, 5.41) is 3.95. The Morgan fingerprint density at radius 2 is 2.04 bits per heavy atom. The smallest absolute Gasteiger partial charge is 0.275 e. The molecule has 1 aliphatic rings. The summed E-state index contributed by atoms with van der Waals surface area (Å²) in [5.74, 6) is -0.222. The molecule has 1 amide bonds. The van der Waals surface area contributed by atoms with E-state index in [4.69, 9.17) is 9.72 Å². The lowest BCUT2D eigenvalue weighted by Gasteiger charge is -2.25. The maximum absolute atomic E-state index is 12.7. The number of rotatable bonds is 3. The van der Waals surface area contributed by atoms with Crippen molar-refractivity contribution in [3.8, 4) is 0 Å². The van der Waals surface area contributed by atoms with E-state index in [2.05, 4.69) is 15.2 Å². The fourth-order valence-electron chi connectivity index (χ4n) is 3.33. The highest BCUT2D eigenvalue weighted by molar-refractivity contribution is 7.22. The summed E-state index contributed by atoms with van der Waals surface area (Å²) in [6, 6.07) is 11.6. The number of amides is 1. The monoisotopic (exact) mass is 393 g/mol. The zero-order valence-corrected chi connectivity index (χ0v) is 16.2. The average molecular weight is 393 g/mol. The number of hydrogen-bond acceptors (Lipinski definition) is 6. The number of morpholine rings is 1. The molecule has 1 N–H and O–H groups in total. The summed E-state index contributed by atoms with van der Waals surface area (Å²) in [4.78, 5) is 24.0. The van der Waals surface area contributed by atoms with Crippen molar-refractivity contribution in [2.24, 2.45) is 0 Å². The summed E-state index contributed by atoms with van der Waals surface area (Å²) in [5.41, 5.74) is 3.87. The molecule has 1 aromatic carbocycles. The van der Waals surface area contributed by atoms with Crippen LogP contribution in [-0.4, -0.2) is 46.6 Å². The van der Waals surface area contributed by atoms with Crippen LogP contribution in [0.3, 0.4) is 0 Å². The maximum Gasteiger partial charge on any atom is 0.275 e. The molecule has 3 aromatic heterocycles. The topological polar surface area (TPSA) is 71.8 Å². The van der Waals surface area contributed by atoms with Gasteiger partial charge in [-0.3, -0.25) is 4.79 Å². The van der Waals surface area contributed by atoms with Gasteiger partial charge in [0.1, 0.15) is 11.3 Å². The van der Waals surface area contributed by atoms with Gasteiger partial charge < -0.3 is 19.4 Å². The highest BCUT2D eigenvalue weighted by Gasteiger charge is 2.16. The van der Waals surface area contributed by atoms with Crippen molar-refractivity contribution in [1.29, 1.82) is 0 Å². The molecule has 0 bridgehead atoms. The van der Waals surface area contributed by atoms with Gasteiger partial charge in [-0.25, -0.2) is 9.97 Å². The Balaban J connectivity index is 1.39. The molecule has 1 aliphatic heterocycles. The number of aromatic nitrogens is 3. The van der Waals surface area contributed by atoms with Gasteiger partial charge >= 0.3 is 0 Å². The minimum Gasteiger partial charge on any atom is -0.378 e. The van der Waals surface area contributed by atoms with Crippen molar-refractivity contribution in [3.05, 3.63) is 54.0 Å². The molecule has 4 heterocycles. The second-order valence-electron chi connectivity index (χ2n) is 6.75. The van der Waals surface area contributed by atoms with E-state index in [0.717, 1.165) is 58.7 Å². The molecule has 0 spiro atoms. The number of pyridine rings is 1. The van der Waals surface area contributed by atoms with Gasteiger partial charge in [-0.1, -0.05) is 17.4 Å². The summed E-state index contributed by atoms with van der Waals surface area (Å²) < 4.78 is 8.37. The predicted molar refractivity (Wildman–Crippen MR) is 111 cm³/mol. The quantitative estimate of drug-likeness (QED) is 0.578. The molecule has 0 aliphatic carbocycles. The number of hydrogen-bond donors (Lipinski definition) is 1. The van der Waals surface area contributed by atoms with Crippen molar-refractivity contribution >= 4 is 43.9 Å². The van der Waals surface area contributed by atoms with E-state index in [1.54, 1.807) is 17.5 Å². The van der Waals surface area contributed by atoms with E-state index in [1.165, 1.54) is 0 Å². The lowest BCUT2D eigenvalue weighted by Crippen LogP contribution is -2.36. The molecule has 142 valence electrons. The Morgan fingerprint density at radius 3 is 2.86 bits per heavy atom. The van der Waals surface area contributed by atoms with Crippen LogP contribution in [0.15, 0.2) is 42.6 Å². The Bertz CT molecular complexity index is 1180. The van der Waals surface area contributed by atoms with E-state index >= 15 is 0 Å². The average Bonchev–Trinajstić information content (AvgIpc) is 3.33. The first kappa shape index (κ1) is 17.2. The lowest BCUT2D eigenvalue weighted by molar-refractivity contribution is 0.102. The van der Waals surface area contributed by atoms with Crippen LogP contribution in [0.2, 0.25) is 0 Å². The number of fused-ring (bicyclic) bond motifs is 2. The highest BCUT2D eigenvalue weighted by Crippen LogP contribution is 2.31. The van der Waals surface area contributed by atoms with Gasteiger partial charge in [0, 0.05) is 30.7 Å². The van der Waals surface area contributed by atoms with Crippen LogP contribution in [-0.2, 0) is 4.74 Å². The SMILES string of the molecule is Cc1cccc2nc(C(=O)Nc3ccc4nc(N5CCOCC5)sc4c3)cn12. The second kappa shape index (κ2) is 6.88. The van der Waals surface area contributed by atoms with E-state index in [0.29, 0.717) is 5.69 Å². The zero-order chi connectivity index (χ0) is 19.1. The molecular weight excluding hydrogens is 374 g/mol. The fourth-order valence-corrected chi connectivity index (χ4v) is 4.39. The van der Waals surface area contributed by atoms with E-state index in [9.17, 15) is 4.79 Å². The first-order chi connectivity index (χ1) is 13.7. The number of anilines is 2. The van der Waals surface area contributed by atoms with Gasteiger partial charge in [0.25, 0.3) is 5.91 Å². The number of ether oxygens (including phenoxy) is 1. The first-order valence-electron chi connectivity index (χ1n) is 9.17. The molecule has 0 atom stereocenters. The minimum absolute atomic E-state index is 0.222. The van der Waals surface area contributed by atoms with Crippen LogP contribution in [0.4, 0.5) is 10.8 Å². The normalized spacial score (nSPS) is 14.7. The second-order valence-corrected chi connectivity index (χ2v) is 7.76. The molecule has 7 nitrogen and oxygen atoms in total. The van der Waals surface area contributed by atoms with Crippen LogP contribution in [0, 0.1) is 6.92 Å². The molecule has 0 radical (unpaired) electrons. The van der Waals surface area contributed by atoms with Gasteiger partial charge in [-0.2, -0.15) is 0 Å². The Kier molecular flexibility index (Phi) is 4.22. The molecule has 0 saturated carbocycles. The van der Waals surface area contributed by atoms with E-state index < -0.39 is 0 Å². The Morgan fingerprint density at radius 1 is 1.18 bits per heavy atom. The van der Waals surface area contributed by atoms with Gasteiger partial charge in [0.2, 0.25) is 0 Å². The van der Waals surface area contributed by atoms with Gasteiger partial charge in [-0.05, 0) is 37.3 Å². The summed E-state index contributed by atoms with van der Waals surface area (Å²) >= 11 is 1.63. The van der Waals surface area contributed by atoms with Crippen molar-refractivity contribution in [1.82, 2.24) is 14.4 Å². The van der Waals surface area contributed by atoms with Crippen molar-refractivity contribution in [2.45, 2.75) is 6.92 Å². The van der Waals surface area contributed by atoms with Crippen LogP contribution in [0.5, 0.6) is 0 Å². The number of benzene rings is 1. The number of aryl methyl sites for hydroxylation is 1. The minimum atomic E-state index is -0.222. The standard InChI is InChI=1S/C20H19N5O2S/c1-13-3-2-4-18-22-16(12-25(13)18)19(26)21-14-5-6-15-17(11-14)28-20(23-15)24-7-9-27-10-8-24/h2-6,11-12H,7-10H2,1H3,(H,21,26). The number of nitrogens with zero attached hydrogens (tertiary/aromatic N) is 4. The Labute approximate surface area is 165 Å². The molecule has 28 heavy (non-hydrogen) atoms. The summed E-state index contributed by atoms with van der Waals surface area (Å²) in [6.07, 6.45) is 1.77. The number of imidazole rings is 1. The van der Waals surface area contributed by atoms with Crippen LogP contribution >= 0.6 is 11.3 Å². The van der Waals surface area contributed by atoms with E-state index in [-0.39, 0.29) is 5.91 Å². The molecule has 5 rings (SSSR count). The maximum atomic E-state index is 12.7. The molecule has 4 aromatic rings. The van der Waals surface area contributed by atoms with Gasteiger partial charge in [0.15, 0.2) is 5.13 Å². The Hall–Kier alpha value is -2.97. The highest BCUT2D eigenvalue weighted by atomic mass is 32.1. The number of nitrogens with one attached hydrogen (secondary N) is 1. The molecule has 0 unspecified atom stereocenters. The lowest BCUT2D eigenvalue weighted by atomic mass is 10.3. The number of carbonyl (C=O) groups is 1. The molecule has 1 saturated heterocycles. The van der Waals surface area contributed by atoms with Crippen molar-refractivity contribution in [2.75, 3.05) is 36.5 Å². The number of carbonyl (C=O) groups excluding carboxylic acids is 1. The van der Waals surface area contributed by atoms with Crippen molar-refractivity contribution < 1.29 is 9.53 Å². The molecule has 1 fully saturated rings. The van der Waals surface area contributed by atoms with Crippen LogP contribution in [0.1, 0.15) is 16.2 Å².